The molecule has 0 spiro atoms. The zero-order valence-electron chi connectivity index (χ0n) is 9.63. The van der Waals surface area contributed by atoms with Crippen LogP contribution in [0, 0.1) is 12.7 Å². The molecule has 2 rings (SSSR count). The van der Waals surface area contributed by atoms with Crippen molar-refractivity contribution >= 4 is 5.69 Å². The lowest BCUT2D eigenvalue weighted by Gasteiger charge is -2.19. The van der Waals surface area contributed by atoms with Crippen LogP contribution >= 0.6 is 0 Å². The summed E-state index contributed by atoms with van der Waals surface area (Å²) in [5.41, 5.74) is 1.61. The van der Waals surface area contributed by atoms with Crippen molar-refractivity contribution in [2.45, 2.75) is 32.2 Å². The van der Waals surface area contributed by atoms with Crippen LogP contribution in [0.25, 0.3) is 0 Å². The predicted octanol–water partition coefficient (Wildman–Crippen LogP) is 3.12. The molecule has 0 bridgehead atoms. The standard InChI is InChI=1S/C13H18FNO/c1-10-4-2-6-12(14)13(10)15-11-5-3-8-16-9-7-11/h2,4,6,11,15H,3,5,7-9H2,1H3. The largest absolute Gasteiger partial charge is 0.381 e. The summed E-state index contributed by atoms with van der Waals surface area (Å²) in [6.07, 6.45) is 3.05. The number of benzene rings is 1. The number of para-hydroxylation sites is 1. The molecule has 1 saturated heterocycles. The van der Waals surface area contributed by atoms with Gasteiger partial charge in [0, 0.05) is 19.3 Å². The van der Waals surface area contributed by atoms with Gasteiger partial charge in [0.2, 0.25) is 0 Å². The van der Waals surface area contributed by atoms with Crippen LogP contribution in [-0.2, 0) is 4.74 Å². The molecule has 0 aliphatic carbocycles. The third kappa shape index (κ3) is 2.73. The first kappa shape index (κ1) is 11.4. The Morgan fingerprint density at radius 2 is 2.19 bits per heavy atom. The molecule has 0 saturated carbocycles. The fourth-order valence-corrected chi connectivity index (χ4v) is 2.07. The molecule has 1 aliphatic rings. The highest BCUT2D eigenvalue weighted by molar-refractivity contribution is 5.52. The van der Waals surface area contributed by atoms with Gasteiger partial charge in [-0.25, -0.2) is 4.39 Å². The van der Waals surface area contributed by atoms with Crippen molar-refractivity contribution in [3.8, 4) is 0 Å². The number of ether oxygens (including phenoxy) is 1. The van der Waals surface area contributed by atoms with Crippen LogP contribution in [0.4, 0.5) is 10.1 Å². The lowest BCUT2D eigenvalue weighted by molar-refractivity contribution is 0.144. The SMILES string of the molecule is Cc1cccc(F)c1NC1CCCOCC1. The zero-order valence-corrected chi connectivity index (χ0v) is 9.63. The Morgan fingerprint density at radius 3 is 3.00 bits per heavy atom. The third-order valence-electron chi connectivity index (χ3n) is 3.02. The molecule has 16 heavy (non-hydrogen) atoms. The predicted molar refractivity (Wildman–Crippen MR) is 63.2 cm³/mol. The summed E-state index contributed by atoms with van der Waals surface area (Å²) >= 11 is 0. The summed E-state index contributed by atoms with van der Waals surface area (Å²) in [5.74, 6) is -0.162. The van der Waals surface area contributed by atoms with Gasteiger partial charge in [0.05, 0.1) is 5.69 Å². The molecule has 1 atom stereocenters. The Hall–Kier alpha value is -1.09. The van der Waals surface area contributed by atoms with E-state index >= 15 is 0 Å². The molecule has 88 valence electrons. The quantitative estimate of drug-likeness (QED) is 0.831. The second-order valence-corrected chi connectivity index (χ2v) is 4.32. The van der Waals surface area contributed by atoms with Crippen LogP contribution in [0.5, 0.6) is 0 Å². The van der Waals surface area contributed by atoms with Gasteiger partial charge in [0.1, 0.15) is 5.82 Å². The highest BCUT2D eigenvalue weighted by Gasteiger charge is 2.14. The number of hydrogen-bond donors (Lipinski definition) is 1. The summed E-state index contributed by atoms with van der Waals surface area (Å²) in [4.78, 5) is 0. The molecule has 1 heterocycles. The van der Waals surface area contributed by atoms with Gasteiger partial charge >= 0.3 is 0 Å². The Balaban J connectivity index is 2.07. The van der Waals surface area contributed by atoms with Gasteiger partial charge < -0.3 is 10.1 Å². The fourth-order valence-electron chi connectivity index (χ4n) is 2.07. The molecule has 3 heteroatoms. The van der Waals surface area contributed by atoms with E-state index in [9.17, 15) is 4.39 Å². The number of hydrogen-bond acceptors (Lipinski definition) is 2. The van der Waals surface area contributed by atoms with Crippen LogP contribution in [-0.4, -0.2) is 19.3 Å². The number of anilines is 1. The summed E-state index contributed by atoms with van der Waals surface area (Å²) in [7, 11) is 0. The average Bonchev–Trinajstić information content (AvgIpc) is 2.52. The van der Waals surface area contributed by atoms with Crippen LogP contribution in [0.3, 0.4) is 0 Å². The van der Waals surface area contributed by atoms with Crippen LogP contribution in [0.1, 0.15) is 24.8 Å². The maximum atomic E-state index is 13.6. The van der Waals surface area contributed by atoms with Crippen molar-refractivity contribution < 1.29 is 9.13 Å². The molecular formula is C13H18FNO. The second-order valence-electron chi connectivity index (χ2n) is 4.32. The molecule has 1 unspecified atom stereocenters. The first-order valence-electron chi connectivity index (χ1n) is 5.87. The number of aryl methyl sites for hydroxylation is 1. The van der Waals surface area contributed by atoms with Gasteiger partial charge in [-0.2, -0.15) is 0 Å². The minimum absolute atomic E-state index is 0.162. The Morgan fingerprint density at radius 1 is 1.31 bits per heavy atom. The van der Waals surface area contributed by atoms with Crippen molar-refractivity contribution in [2.24, 2.45) is 0 Å². The minimum atomic E-state index is -0.162. The van der Waals surface area contributed by atoms with E-state index in [4.69, 9.17) is 4.74 Å². The highest BCUT2D eigenvalue weighted by atomic mass is 19.1. The van der Waals surface area contributed by atoms with Gasteiger partial charge in [0.25, 0.3) is 0 Å². The van der Waals surface area contributed by atoms with Crippen molar-refractivity contribution in [3.63, 3.8) is 0 Å². The first-order valence-corrected chi connectivity index (χ1v) is 5.87. The normalized spacial score (nSPS) is 21.5. The van der Waals surface area contributed by atoms with Gasteiger partial charge in [-0.1, -0.05) is 12.1 Å². The molecule has 1 aromatic carbocycles. The van der Waals surface area contributed by atoms with Crippen LogP contribution in [0.15, 0.2) is 18.2 Å². The maximum Gasteiger partial charge on any atom is 0.146 e. The van der Waals surface area contributed by atoms with Gasteiger partial charge in [0.15, 0.2) is 0 Å². The van der Waals surface area contributed by atoms with E-state index in [2.05, 4.69) is 5.32 Å². The molecule has 1 N–H and O–H groups in total. The molecule has 0 aromatic heterocycles. The fraction of sp³-hybridized carbons (Fsp3) is 0.538. The van der Waals surface area contributed by atoms with E-state index in [1.165, 1.54) is 6.07 Å². The first-order chi connectivity index (χ1) is 7.77. The highest BCUT2D eigenvalue weighted by Crippen LogP contribution is 2.22. The van der Waals surface area contributed by atoms with Crippen molar-refractivity contribution in [2.75, 3.05) is 18.5 Å². The lowest BCUT2D eigenvalue weighted by Crippen LogP contribution is -2.20. The monoisotopic (exact) mass is 223 g/mol. The summed E-state index contributed by atoms with van der Waals surface area (Å²) in [6, 6.07) is 5.51. The third-order valence-corrected chi connectivity index (χ3v) is 3.02. The zero-order chi connectivity index (χ0) is 11.4. The summed E-state index contributed by atoms with van der Waals surface area (Å²) < 4.78 is 19.0. The molecule has 1 fully saturated rings. The second kappa shape index (κ2) is 5.30. The van der Waals surface area contributed by atoms with Crippen molar-refractivity contribution in [1.29, 1.82) is 0 Å². The molecular weight excluding hydrogens is 205 g/mol. The van der Waals surface area contributed by atoms with Crippen LogP contribution < -0.4 is 5.32 Å². The van der Waals surface area contributed by atoms with E-state index in [0.29, 0.717) is 11.7 Å². The van der Waals surface area contributed by atoms with Gasteiger partial charge in [-0.3, -0.25) is 0 Å². The minimum Gasteiger partial charge on any atom is -0.381 e. The topological polar surface area (TPSA) is 21.3 Å². The van der Waals surface area contributed by atoms with Crippen molar-refractivity contribution in [1.82, 2.24) is 0 Å². The molecule has 0 amide bonds. The molecule has 1 aromatic rings. The van der Waals surface area contributed by atoms with Gasteiger partial charge in [-0.05, 0) is 37.8 Å². The average molecular weight is 223 g/mol. The number of halogens is 1. The maximum absolute atomic E-state index is 13.6. The van der Waals surface area contributed by atoms with Crippen molar-refractivity contribution in [3.05, 3.63) is 29.6 Å². The van der Waals surface area contributed by atoms with E-state index in [0.717, 1.165) is 38.0 Å². The summed E-state index contributed by atoms with van der Waals surface area (Å²) in [6.45, 7) is 3.53. The molecule has 1 aliphatic heterocycles. The lowest BCUT2D eigenvalue weighted by atomic mass is 10.1. The van der Waals surface area contributed by atoms with Gasteiger partial charge in [-0.15, -0.1) is 0 Å². The van der Waals surface area contributed by atoms with E-state index in [-0.39, 0.29) is 5.82 Å². The number of rotatable bonds is 2. The smallest absolute Gasteiger partial charge is 0.146 e. The molecule has 2 nitrogen and oxygen atoms in total. The molecule has 0 radical (unpaired) electrons. The summed E-state index contributed by atoms with van der Waals surface area (Å²) in [5, 5.41) is 3.30. The Kier molecular flexibility index (Phi) is 3.78. The Bertz CT molecular complexity index is 326. The van der Waals surface area contributed by atoms with E-state index < -0.39 is 0 Å². The number of nitrogens with one attached hydrogen (secondary N) is 1. The van der Waals surface area contributed by atoms with Crippen LogP contribution in [0.2, 0.25) is 0 Å². The van der Waals surface area contributed by atoms with E-state index in [1.54, 1.807) is 6.07 Å². The van der Waals surface area contributed by atoms with E-state index in [1.807, 2.05) is 13.0 Å². The Labute approximate surface area is 95.8 Å².